The minimum Gasteiger partial charge on any atom is -0.355 e. The zero-order chi connectivity index (χ0) is 11.0. The van der Waals surface area contributed by atoms with E-state index >= 15 is 0 Å². The van der Waals surface area contributed by atoms with E-state index in [0.717, 1.165) is 5.56 Å². The minimum absolute atomic E-state index is 0.0708. The minimum atomic E-state index is -0.0708. The van der Waals surface area contributed by atoms with Crippen molar-refractivity contribution in [1.29, 1.82) is 0 Å². The predicted molar refractivity (Wildman–Crippen MR) is 59.1 cm³/mol. The molecule has 0 fully saturated rings. The van der Waals surface area contributed by atoms with Crippen molar-refractivity contribution in [1.82, 2.24) is 5.32 Å². The Labute approximate surface area is 85.3 Å². The van der Waals surface area contributed by atoms with Crippen LogP contribution in [0, 0.1) is 0 Å². The molecule has 14 heavy (non-hydrogen) atoms. The summed E-state index contributed by atoms with van der Waals surface area (Å²) in [6.45, 7) is 4.51. The van der Waals surface area contributed by atoms with Gasteiger partial charge >= 0.3 is 0 Å². The second kappa shape index (κ2) is 7.09. The lowest BCUT2D eigenvalue weighted by molar-refractivity contribution is 0.0963. The number of carbonyl (C=O) groups excluding carboxylic acids is 1. The molecule has 0 saturated carbocycles. The lowest BCUT2D eigenvalue weighted by Crippen LogP contribution is -2.17. The van der Waals surface area contributed by atoms with Crippen molar-refractivity contribution >= 4 is 5.91 Å². The maximum atomic E-state index is 11.1. The summed E-state index contributed by atoms with van der Waals surface area (Å²) in [4.78, 5) is 11.1. The highest BCUT2D eigenvalue weighted by molar-refractivity contribution is 5.93. The van der Waals surface area contributed by atoms with E-state index in [9.17, 15) is 4.79 Å². The lowest BCUT2D eigenvalue weighted by Gasteiger charge is -2.00. The van der Waals surface area contributed by atoms with Crippen molar-refractivity contribution in [3.8, 4) is 0 Å². The van der Waals surface area contributed by atoms with Crippen molar-refractivity contribution in [3.63, 3.8) is 0 Å². The van der Waals surface area contributed by atoms with Crippen LogP contribution in [-0.4, -0.2) is 13.0 Å². The highest BCUT2D eigenvalue weighted by Gasteiger charge is 2.00. The van der Waals surface area contributed by atoms with Crippen LogP contribution < -0.4 is 11.1 Å². The molecule has 0 unspecified atom stereocenters. The van der Waals surface area contributed by atoms with Gasteiger partial charge in [-0.1, -0.05) is 26.0 Å². The molecule has 1 aromatic carbocycles. The Balaban J connectivity index is 0.000000791. The largest absolute Gasteiger partial charge is 0.355 e. The third-order valence-electron chi connectivity index (χ3n) is 1.68. The SMILES string of the molecule is CC.CNC(=O)c1ccc(CN)cc1. The molecule has 0 saturated heterocycles. The van der Waals surface area contributed by atoms with Gasteiger partial charge in [-0.15, -0.1) is 0 Å². The summed E-state index contributed by atoms with van der Waals surface area (Å²) in [5.41, 5.74) is 7.10. The molecule has 78 valence electrons. The van der Waals surface area contributed by atoms with Gasteiger partial charge in [-0.25, -0.2) is 0 Å². The quantitative estimate of drug-likeness (QED) is 0.750. The maximum absolute atomic E-state index is 11.1. The predicted octanol–water partition coefficient (Wildman–Crippen LogP) is 1.53. The molecule has 0 heterocycles. The van der Waals surface area contributed by atoms with E-state index in [1.54, 1.807) is 19.2 Å². The topological polar surface area (TPSA) is 55.1 Å². The fourth-order valence-corrected chi connectivity index (χ4v) is 0.937. The van der Waals surface area contributed by atoms with E-state index in [1.165, 1.54) is 0 Å². The van der Waals surface area contributed by atoms with Crippen molar-refractivity contribution in [2.24, 2.45) is 5.73 Å². The first-order chi connectivity index (χ1) is 6.77. The summed E-state index contributed by atoms with van der Waals surface area (Å²) >= 11 is 0. The second-order valence-electron chi connectivity index (χ2n) is 2.48. The van der Waals surface area contributed by atoms with Crippen LogP contribution in [0.15, 0.2) is 24.3 Å². The molecule has 0 aliphatic heterocycles. The zero-order valence-electron chi connectivity index (χ0n) is 9.00. The van der Waals surface area contributed by atoms with Crippen LogP contribution in [0.4, 0.5) is 0 Å². The molecular weight excluding hydrogens is 176 g/mol. The third kappa shape index (κ3) is 3.58. The number of nitrogens with one attached hydrogen (secondary N) is 1. The molecule has 0 spiro atoms. The standard InChI is InChI=1S/C9H12N2O.C2H6/c1-11-9(12)8-4-2-7(6-10)3-5-8;1-2/h2-5H,6,10H2,1H3,(H,11,12);1-2H3. The first-order valence-corrected chi connectivity index (χ1v) is 4.79. The van der Waals surface area contributed by atoms with Crippen LogP contribution in [-0.2, 0) is 6.54 Å². The van der Waals surface area contributed by atoms with Crippen molar-refractivity contribution in [2.45, 2.75) is 20.4 Å². The molecule has 3 heteroatoms. The van der Waals surface area contributed by atoms with Crippen LogP contribution >= 0.6 is 0 Å². The van der Waals surface area contributed by atoms with E-state index in [0.29, 0.717) is 12.1 Å². The molecular formula is C11H18N2O. The molecule has 1 aromatic rings. The molecule has 0 aliphatic carbocycles. The van der Waals surface area contributed by atoms with E-state index in [4.69, 9.17) is 5.73 Å². The van der Waals surface area contributed by atoms with Gasteiger partial charge in [0.2, 0.25) is 0 Å². The first kappa shape index (κ1) is 12.7. The van der Waals surface area contributed by atoms with E-state index in [-0.39, 0.29) is 5.91 Å². The smallest absolute Gasteiger partial charge is 0.251 e. The monoisotopic (exact) mass is 194 g/mol. The van der Waals surface area contributed by atoms with Gasteiger partial charge in [0.05, 0.1) is 0 Å². The molecule has 1 amide bonds. The van der Waals surface area contributed by atoms with Gasteiger partial charge in [0.1, 0.15) is 0 Å². The van der Waals surface area contributed by atoms with E-state index in [1.807, 2.05) is 26.0 Å². The highest BCUT2D eigenvalue weighted by atomic mass is 16.1. The van der Waals surface area contributed by atoms with Gasteiger partial charge in [-0.2, -0.15) is 0 Å². The Hall–Kier alpha value is -1.35. The summed E-state index contributed by atoms with van der Waals surface area (Å²) in [6.07, 6.45) is 0. The van der Waals surface area contributed by atoms with Gasteiger partial charge in [0.25, 0.3) is 5.91 Å². The summed E-state index contributed by atoms with van der Waals surface area (Å²) < 4.78 is 0. The van der Waals surface area contributed by atoms with Crippen molar-refractivity contribution < 1.29 is 4.79 Å². The maximum Gasteiger partial charge on any atom is 0.251 e. The molecule has 0 aromatic heterocycles. The van der Waals surface area contributed by atoms with Gasteiger partial charge in [-0.3, -0.25) is 4.79 Å². The Kier molecular flexibility index (Phi) is 6.41. The van der Waals surface area contributed by atoms with Gasteiger partial charge < -0.3 is 11.1 Å². The molecule has 3 N–H and O–H groups in total. The number of amides is 1. The molecule has 0 atom stereocenters. The molecule has 0 radical (unpaired) electrons. The third-order valence-corrected chi connectivity index (χ3v) is 1.68. The van der Waals surface area contributed by atoms with E-state index in [2.05, 4.69) is 5.32 Å². The Bertz CT molecular complexity index is 267. The Morgan fingerprint density at radius 3 is 2.14 bits per heavy atom. The summed E-state index contributed by atoms with van der Waals surface area (Å²) in [7, 11) is 1.61. The Morgan fingerprint density at radius 1 is 1.29 bits per heavy atom. The van der Waals surface area contributed by atoms with Gasteiger partial charge in [-0.05, 0) is 17.7 Å². The average Bonchev–Trinajstić information content (AvgIpc) is 2.31. The zero-order valence-corrected chi connectivity index (χ0v) is 9.00. The van der Waals surface area contributed by atoms with Crippen LogP contribution in [0.1, 0.15) is 29.8 Å². The number of nitrogens with two attached hydrogens (primary N) is 1. The average molecular weight is 194 g/mol. The van der Waals surface area contributed by atoms with Crippen LogP contribution in [0.25, 0.3) is 0 Å². The number of hydrogen-bond acceptors (Lipinski definition) is 2. The number of hydrogen-bond donors (Lipinski definition) is 2. The van der Waals surface area contributed by atoms with Gasteiger partial charge in [0, 0.05) is 19.2 Å². The van der Waals surface area contributed by atoms with Crippen LogP contribution in [0.5, 0.6) is 0 Å². The molecule has 1 rings (SSSR count). The highest BCUT2D eigenvalue weighted by Crippen LogP contribution is 2.02. The number of rotatable bonds is 2. The van der Waals surface area contributed by atoms with Crippen molar-refractivity contribution in [2.75, 3.05) is 7.05 Å². The van der Waals surface area contributed by atoms with Crippen LogP contribution in [0.3, 0.4) is 0 Å². The molecule has 0 aliphatic rings. The molecule has 0 bridgehead atoms. The first-order valence-electron chi connectivity index (χ1n) is 4.79. The summed E-state index contributed by atoms with van der Waals surface area (Å²) in [5, 5.41) is 2.55. The number of benzene rings is 1. The van der Waals surface area contributed by atoms with Gasteiger partial charge in [0.15, 0.2) is 0 Å². The fourth-order valence-electron chi connectivity index (χ4n) is 0.937. The lowest BCUT2D eigenvalue weighted by atomic mass is 10.1. The Morgan fingerprint density at radius 2 is 1.79 bits per heavy atom. The summed E-state index contributed by atoms with van der Waals surface area (Å²) in [6, 6.07) is 7.23. The molecule has 3 nitrogen and oxygen atoms in total. The summed E-state index contributed by atoms with van der Waals surface area (Å²) in [5.74, 6) is -0.0708. The normalized spacial score (nSPS) is 8.57. The van der Waals surface area contributed by atoms with E-state index < -0.39 is 0 Å². The fraction of sp³-hybridized carbons (Fsp3) is 0.364. The second-order valence-corrected chi connectivity index (χ2v) is 2.48. The van der Waals surface area contributed by atoms with Crippen molar-refractivity contribution in [3.05, 3.63) is 35.4 Å². The number of carbonyl (C=O) groups is 1. The van der Waals surface area contributed by atoms with Crippen LogP contribution in [0.2, 0.25) is 0 Å².